The summed E-state index contributed by atoms with van der Waals surface area (Å²) < 4.78 is 0. The van der Waals surface area contributed by atoms with Crippen LogP contribution in [-0.2, 0) is 4.79 Å². The largest absolute Gasteiger partial charge is 0.326 e. The van der Waals surface area contributed by atoms with Crippen LogP contribution in [0.1, 0.15) is 34.6 Å². The molecule has 4 heteroatoms. The topological polar surface area (TPSA) is 63.2 Å². The number of nitrogens with one attached hydrogen (secondary N) is 1. The van der Waals surface area contributed by atoms with Gasteiger partial charge in [-0.15, -0.1) is 0 Å². The van der Waals surface area contributed by atoms with Gasteiger partial charge in [-0.2, -0.15) is 0 Å². The molecule has 1 amide bonds. The van der Waals surface area contributed by atoms with Crippen molar-refractivity contribution in [1.29, 1.82) is 0 Å². The predicted octanol–water partition coefficient (Wildman–Crippen LogP) is 3.08. The summed E-state index contributed by atoms with van der Waals surface area (Å²) in [6.07, 6.45) is 4.71. The molecule has 4 nitrogen and oxygen atoms in total. The van der Waals surface area contributed by atoms with Gasteiger partial charge in [-0.1, -0.05) is 24.8 Å². The summed E-state index contributed by atoms with van der Waals surface area (Å²) in [5, 5.41) is 2.61. The van der Waals surface area contributed by atoms with E-state index in [0.717, 1.165) is 0 Å². The van der Waals surface area contributed by atoms with E-state index in [1.54, 1.807) is 31.2 Å². The van der Waals surface area contributed by atoms with Crippen LogP contribution in [0, 0.1) is 0 Å². The van der Waals surface area contributed by atoms with Crippen LogP contribution < -0.4 is 5.32 Å². The second-order valence-electron chi connectivity index (χ2n) is 4.63. The minimum Gasteiger partial charge on any atom is -0.326 e. The number of fused-ring (bicyclic) bond motifs is 1. The van der Waals surface area contributed by atoms with Crippen LogP contribution in [-0.4, -0.2) is 17.5 Å². The zero-order valence-electron chi connectivity index (χ0n) is 11.9. The van der Waals surface area contributed by atoms with Crippen molar-refractivity contribution in [3.63, 3.8) is 0 Å². The van der Waals surface area contributed by atoms with Crippen LogP contribution in [0.3, 0.4) is 0 Å². The molecule has 0 saturated carbocycles. The molecule has 1 aromatic carbocycles. The second kappa shape index (κ2) is 5.71. The lowest BCUT2D eigenvalue weighted by Crippen LogP contribution is -2.21. The lowest BCUT2D eigenvalue weighted by Gasteiger charge is -2.18. The van der Waals surface area contributed by atoms with Gasteiger partial charge in [-0.05, 0) is 25.1 Å². The quantitative estimate of drug-likeness (QED) is 0.926. The van der Waals surface area contributed by atoms with E-state index in [0.29, 0.717) is 28.0 Å². The van der Waals surface area contributed by atoms with Gasteiger partial charge in [0.15, 0.2) is 11.6 Å². The van der Waals surface area contributed by atoms with Crippen LogP contribution in [0.5, 0.6) is 0 Å². The maximum absolute atomic E-state index is 12.5. The van der Waals surface area contributed by atoms with Crippen LogP contribution >= 0.6 is 0 Å². The molecule has 1 aliphatic carbocycles. The van der Waals surface area contributed by atoms with Crippen molar-refractivity contribution in [3.8, 4) is 0 Å². The smallest absolute Gasteiger partial charge is 0.221 e. The van der Waals surface area contributed by atoms with Crippen LogP contribution in [0.2, 0.25) is 0 Å². The number of carbonyl (C=O) groups is 3. The predicted molar refractivity (Wildman–Crippen MR) is 81.4 cm³/mol. The van der Waals surface area contributed by atoms with Gasteiger partial charge in [0.1, 0.15) is 0 Å². The van der Waals surface area contributed by atoms with Gasteiger partial charge in [-0.3, -0.25) is 14.4 Å². The molecule has 106 valence electrons. The standard InChI is InChI=1S/C17H15NO3/c1-4-6-13-12(5-2)16(20)14-8-7-11(18-10(3)19)9-15(14)17(13)21/h4-9H,2H2,1,3H3,(H,18,19)/b6-4-. The first-order chi connectivity index (χ1) is 9.99. The molecule has 21 heavy (non-hydrogen) atoms. The molecule has 0 bridgehead atoms. The van der Waals surface area contributed by atoms with Crippen LogP contribution in [0.15, 0.2) is 54.2 Å². The Morgan fingerprint density at radius 3 is 2.38 bits per heavy atom. The van der Waals surface area contributed by atoms with E-state index in [1.165, 1.54) is 19.1 Å². The van der Waals surface area contributed by atoms with Crippen molar-refractivity contribution in [2.45, 2.75) is 13.8 Å². The van der Waals surface area contributed by atoms with E-state index < -0.39 is 0 Å². The molecule has 1 aliphatic rings. The van der Waals surface area contributed by atoms with Crippen molar-refractivity contribution in [2.24, 2.45) is 0 Å². The Labute approximate surface area is 122 Å². The molecular formula is C17H15NO3. The van der Waals surface area contributed by atoms with Crippen molar-refractivity contribution in [3.05, 3.63) is 65.3 Å². The third-order valence-electron chi connectivity index (χ3n) is 3.15. The summed E-state index contributed by atoms with van der Waals surface area (Å²) in [4.78, 5) is 36.0. The molecule has 0 atom stereocenters. The highest BCUT2D eigenvalue weighted by molar-refractivity contribution is 6.29. The number of rotatable bonds is 3. The SMILES string of the molecule is C=CC1=C(/C=C\C)C(=O)c2cc(NC(C)=O)ccc2C1=O. The number of allylic oxidation sites excluding steroid dienone is 5. The average Bonchev–Trinajstić information content (AvgIpc) is 2.44. The Hall–Kier alpha value is -2.75. The number of ketones is 2. The molecule has 0 spiro atoms. The first-order valence-electron chi connectivity index (χ1n) is 6.50. The number of carbonyl (C=O) groups excluding carboxylic acids is 3. The highest BCUT2D eigenvalue weighted by Crippen LogP contribution is 2.29. The molecule has 2 rings (SSSR count). The van der Waals surface area contributed by atoms with Gasteiger partial charge < -0.3 is 5.32 Å². The number of hydrogen-bond donors (Lipinski definition) is 1. The Morgan fingerprint density at radius 1 is 1.14 bits per heavy atom. The van der Waals surface area contributed by atoms with Crippen LogP contribution in [0.25, 0.3) is 0 Å². The minimum atomic E-state index is -0.246. The van der Waals surface area contributed by atoms with Crippen LogP contribution in [0.4, 0.5) is 5.69 Å². The third kappa shape index (κ3) is 2.60. The van der Waals surface area contributed by atoms with Crippen molar-refractivity contribution >= 4 is 23.2 Å². The summed E-state index contributed by atoms with van der Waals surface area (Å²) in [5.41, 5.74) is 1.74. The van der Waals surface area contributed by atoms with Gasteiger partial charge in [0.05, 0.1) is 0 Å². The lowest BCUT2D eigenvalue weighted by atomic mass is 9.83. The normalized spacial score (nSPS) is 14.4. The van der Waals surface area contributed by atoms with E-state index in [-0.39, 0.29) is 17.5 Å². The molecule has 0 aromatic heterocycles. The Bertz CT molecular complexity index is 724. The fourth-order valence-electron chi connectivity index (χ4n) is 2.28. The van der Waals surface area contributed by atoms with Crippen molar-refractivity contribution in [2.75, 3.05) is 5.32 Å². The fraction of sp³-hybridized carbons (Fsp3) is 0.118. The third-order valence-corrected chi connectivity index (χ3v) is 3.15. The molecule has 0 radical (unpaired) electrons. The first-order valence-corrected chi connectivity index (χ1v) is 6.50. The molecule has 1 aromatic rings. The number of anilines is 1. The fourth-order valence-corrected chi connectivity index (χ4v) is 2.28. The zero-order chi connectivity index (χ0) is 15.6. The number of hydrogen-bond acceptors (Lipinski definition) is 3. The van der Waals surface area contributed by atoms with Crippen molar-refractivity contribution in [1.82, 2.24) is 0 Å². The summed E-state index contributed by atoms with van der Waals surface area (Å²) in [7, 11) is 0. The summed E-state index contributed by atoms with van der Waals surface area (Å²) in [6, 6.07) is 4.68. The van der Waals surface area contributed by atoms with E-state index in [9.17, 15) is 14.4 Å². The Balaban J connectivity index is 2.61. The number of benzene rings is 1. The molecule has 0 fully saturated rings. The van der Waals surface area contributed by atoms with E-state index in [2.05, 4.69) is 11.9 Å². The molecule has 0 saturated heterocycles. The highest BCUT2D eigenvalue weighted by atomic mass is 16.1. The molecule has 0 unspecified atom stereocenters. The maximum atomic E-state index is 12.5. The first kappa shape index (κ1) is 14.7. The number of Topliss-reactive ketones (excluding diaryl/α,β-unsaturated/α-hetero) is 2. The Morgan fingerprint density at radius 2 is 1.81 bits per heavy atom. The summed E-state index contributed by atoms with van der Waals surface area (Å²) >= 11 is 0. The van der Waals surface area contributed by atoms with Gasteiger partial charge in [0.2, 0.25) is 5.91 Å². The van der Waals surface area contributed by atoms with Gasteiger partial charge >= 0.3 is 0 Å². The lowest BCUT2D eigenvalue weighted by molar-refractivity contribution is -0.114. The van der Waals surface area contributed by atoms with Gasteiger partial charge in [0.25, 0.3) is 0 Å². The van der Waals surface area contributed by atoms with E-state index in [4.69, 9.17) is 0 Å². The van der Waals surface area contributed by atoms with Gasteiger partial charge in [-0.25, -0.2) is 0 Å². The van der Waals surface area contributed by atoms with Gasteiger partial charge in [0, 0.05) is 34.9 Å². The maximum Gasteiger partial charge on any atom is 0.221 e. The van der Waals surface area contributed by atoms with E-state index >= 15 is 0 Å². The average molecular weight is 281 g/mol. The summed E-state index contributed by atoms with van der Waals surface area (Å²) in [5.74, 6) is -0.715. The molecular weight excluding hydrogens is 266 g/mol. The monoisotopic (exact) mass is 281 g/mol. The molecule has 0 aliphatic heterocycles. The highest BCUT2D eigenvalue weighted by Gasteiger charge is 2.29. The Kier molecular flexibility index (Phi) is 3.98. The van der Waals surface area contributed by atoms with Crippen molar-refractivity contribution < 1.29 is 14.4 Å². The summed E-state index contributed by atoms with van der Waals surface area (Å²) in [6.45, 7) is 6.76. The molecule has 0 heterocycles. The van der Waals surface area contributed by atoms with E-state index in [1.807, 2.05) is 0 Å². The second-order valence-corrected chi connectivity index (χ2v) is 4.63. The minimum absolute atomic E-state index is 0.234. The number of amides is 1. The zero-order valence-corrected chi connectivity index (χ0v) is 11.9. The molecule has 1 N–H and O–H groups in total.